The Morgan fingerprint density at radius 1 is 1.45 bits per heavy atom. The van der Waals surface area contributed by atoms with E-state index >= 15 is 0 Å². The standard InChI is InChI=1S/C14H17ClN4O/c1-2-11(16)7-9-3-4-10(15)8-13(9)19-6-5-12(18-19)14(17)20/h3-6,8,11H,2,7,16H2,1H3,(H2,17,20). The van der Waals surface area contributed by atoms with Gasteiger partial charge in [-0.3, -0.25) is 4.79 Å². The first-order valence-electron chi connectivity index (χ1n) is 6.41. The summed E-state index contributed by atoms with van der Waals surface area (Å²) in [6.07, 6.45) is 3.29. The minimum absolute atomic E-state index is 0.0705. The Hall–Kier alpha value is -1.85. The van der Waals surface area contributed by atoms with Crippen LogP contribution in [-0.2, 0) is 6.42 Å². The largest absolute Gasteiger partial charge is 0.364 e. The summed E-state index contributed by atoms with van der Waals surface area (Å²) >= 11 is 6.04. The molecule has 1 atom stereocenters. The van der Waals surface area contributed by atoms with Crippen LogP contribution in [-0.4, -0.2) is 21.7 Å². The lowest BCUT2D eigenvalue weighted by Gasteiger charge is -2.13. The second-order valence-corrected chi connectivity index (χ2v) is 5.09. The number of hydrogen-bond acceptors (Lipinski definition) is 3. The molecule has 0 aliphatic rings. The Kier molecular flexibility index (Phi) is 4.42. The first-order chi connectivity index (χ1) is 9.51. The van der Waals surface area contributed by atoms with E-state index < -0.39 is 5.91 Å². The lowest BCUT2D eigenvalue weighted by Crippen LogP contribution is -2.22. The summed E-state index contributed by atoms with van der Waals surface area (Å²) in [5, 5.41) is 4.76. The predicted octanol–water partition coefficient (Wildman–Crippen LogP) is 1.90. The summed E-state index contributed by atoms with van der Waals surface area (Å²) in [6, 6.07) is 7.20. The van der Waals surface area contributed by atoms with Gasteiger partial charge in [0, 0.05) is 17.3 Å². The number of primary amides is 1. The molecular weight excluding hydrogens is 276 g/mol. The second kappa shape index (κ2) is 6.07. The Bertz CT molecular complexity index is 623. The average molecular weight is 293 g/mol. The first-order valence-corrected chi connectivity index (χ1v) is 6.79. The Balaban J connectivity index is 2.42. The van der Waals surface area contributed by atoms with E-state index in [0.29, 0.717) is 5.02 Å². The van der Waals surface area contributed by atoms with Crippen molar-refractivity contribution < 1.29 is 4.79 Å². The molecule has 0 bridgehead atoms. The monoisotopic (exact) mass is 292 g/mol. The van der Waals surface area contributed by atoms with Gasteiger partial charge in [-0.05, 0) is 36.6 Å². The van der Waals surface area contributed by atoms with Gasteiger partial charge in [0.15, 0.2) is 0 Å². The van der Waals surface area contributed by atoms with Crippen LogP contribution in [0, 0.1) is 0 Å². The molecule has 4 N–H and O–H groups in total. The summed E-state index contributed by atoms with van der Waals surface area (Å²) in [4.78, 5) is 11.1. The lowest BCUT2D eigenvalue weighted by molar-refractivity contribution is 0.0995. The molecule has 0 spiro atoms. The van der Waals surface area contributed by atoms with Crippen molar-refractivity contribution in [3.05, 3.63) is 46.7 Å². The number of nitrogens with two attached hydrogens (primary N) is 2. The molecule has 1 unspecified atom stereocenters. The number of amides is 1. The maximum absolute atomic E-state index is 11.1. The zero-order valence-corrected chi connectivity index (χ0v) is 12.0. The molecule has 20 heavy (non-hydrogen) atoms. The van der Waals surface area contributed by atoms with Gasteiger partial charge in [-0.15, -0.1) is 0 Å². The maximum atomic E-state index is 11.1. The van der Waals surface area contributed by atoms with Crippen molar-refractivity contribution in [3.63, 3.8) is 0 Å². The van der Waals surface area contributed by atoms with Crippen molar-refractivity contribution in [1.29, 1.82) is 0 Å². The van der Waals surface area contributed by atoms with Crippen LogP contribution in [0.15, 0.2) is 30.5 Å². The minimum Gasteiger partial charge on any atom is -0.364 e. The van der Waals surface area contributed by atoms with E-state index in [9.17, 15) is 4.79 Å². The van der Waals surface area contributed by atoms with Crippen LogP contribution in [0.4, 0.5) is 0 Å². The number of carbonyl (C=O) groups excluding carboxylic acids is 1. The highest BCUT2D eigenvalue weighted by atomic mass is 35.5. The van der Waals surface area contributed by atoms with E-state index in [0.717, 1.165) is 24.1 Å². The fourth-order valence-corrected chi connectivity index (χ4v) is 2.11. The molecular formula is C14H17ClN4O. The topological polar surface area (TPSA) is 86.9 Å². The van der Waals surface area contributed by atoms with E-state index in [1.807, 2.05) is 19.1 Å². The molecule has 0 fully saturated rings. The number of carbonyl (C=O) groups is 1. The van der Waals surface area contributed by atoms with Gasteiger partial charge in [-0.1, -0.05) is 24.6 Å². The van der Waals surface area contributed by atoms with E-state index in [4.69, 9.17) is 23.1 Å². The van der Waals surface area contributed by atoms with Crippen LogP contribution in [0.2, 0.25) is 5.02 Å². The van der Waals surface area contributed by atoms with Crippen molar-refractivity contribution in [3.8, 4) is 5.69 Å². The average Bonchev–Trinajstić information content (AvgIpc) is 2.90. The Morgan fingerprint density at radius 2 is 2.20 bits per heavy atom. The molecule has 0 radical (unpaired) electrons. The molecule has 0 saturated heterocycles. The van der Waals surface area contributed by atoms with Crippen LogP contribution in [0.1, 0.15) is 29.4 Å². The van der Waals surface area contributed by atoms with Crippen LogP contribution in [0.25, 0.3) is 5.69 Å². The summed E-state index contributed by atoms with van der Waals surface area (Å²) in [5.41, 5.74) is 13.3. The van der Waals surface area contributed by atoms with Crippen LogP contribution in [0.5, 0.6) is 0 Å². The number of rotatable bonds is 5. The number of benzene rings is 1. The van der Waals surface area contributed by atoms with E-state index in [1.54, 1.807) is 23.0 Å². The molecule has 1 amide bonds. The van der Waals surface area contributed by atoms with Gasteiger partial charge < -0.3 is 11.5 Å². The molecule has 6 heteroatoms. The highest BCUT2D eigenvalue weighted by Crippen LogP contribution is 2.21. The first kappa shape index (κ1) is 14.6. The Morgan fingerprint density at radius 3 is 2.80 bits per heavy atom. The zero-order chi connectivity index (χ0) is 14.7. The lowest BCUT2D eigenvalue weighted by atomic mass is 10.0. The molecule has 0 saturated carbocycles. The molecule has 2 aromatic rings. The number of halogens is 1. The second-order valence-electron chi connectivity index (χ2n) is 4.66. The summed E-state index contributed by atoms with van der Waals surface area (Å²) < 4.78 is 1.60. The molecule has 0 aliphatic carbocycles. The third-order valence-corrected chi connectivity index (χ3v) is 3.38. The van der Waals surface area contributed by atoms with Crippen molar-refractivity contribution in [2.45, 2.75) is 25.8 Å². The van der Waals surface area contributed by atoms with E-state index in [-0.39, 0.29) is 11.7 Å². The maximum Gasteiger partial charge on any atom is 0.269 e. The minimum atomic E-state index is -0.558. The third kappa shape index (κ3) is 3.18. The SMILES string of the molecule is CCC(N)Cc1ccc(Cl)cc1-n1ccc(C(N)=O)n1. The van der Waals surface area contributed by atoms with Gasteiger partial charge in [-0.2, -0.15) is 5.10 Å². The van der Waals surface area contributed by atoms with Crippen molar-refractivity contribution in [2.24, 2.45) is 11.5 Å². The van der Waals surface area contributed by atoms with Crippen LogP contribution >= 0.6 is 11.6 Å². The normalized spacial score (nSPS) is 12.3. The molecule has 1 aromatic carbocycles. The molecule has 106 valence electrons. The molecule has 1 aromatic heterocycles. The molecule has 2 rings (SSSR count). The Labute approximate surface area is 122 Å². The third-order valence-electron chi connectivity index (χ3n) is 3.14. The summed E-state index contributed by atoms with van der Waals surface area (Å²) in [7, 11) is 0. The van der Waals surface area contributed by atoms with Crippen molar-refractivity contribution in [1.82, 2.24) is 9.78 Å². The van der Waals surface area contributed by atoms with E-state index in [1.165, 1.54) is 0 Å². The van der Waals surface area contributed by atoms with Crippen molar-refractivity contribution >= 4 is 17.5 Å². The number of nitrogens with zero attached hydrogens (tertiary/aromatic N) is 2. The highest BCUT2D eigenvalue weighted by molar-refractivity contribution is 6.30. The number of aromatic nitrogens is 2. The van der Waals surface area contributed by atoms with Gasteiger partial charge >= 0.3 is 0 Å². The van der Waals surface area contributed by atoms with Crippen LogP contribution in [0.3, 0.4) is 0 Å². The highest BCUT2D eigenvalue weighted by Gasteiger charge is 2.12. The molecule has 5 nitrogen and oxygen atoms in total. The van der Waals surface area contributed by atoms with Gasteiger partial charge in [0.1, 0.15) is 5.69 Å². The fraction of sp³-hybridized carbons (Fsp3) is 0.286. The predicted molar refractivity (Wildman–Crippen MR) is 79.1 cm³/mol. The quantitative estimate of drug-likeness (QED) is 0.882. The van der Waals surface area contributed by atoms with E-state index in [2.05, 4.69) is 5.10 Å². The summed E-state index contributed by atoms with van der Waals surface area (Å²) in [5.74, 6) is -0.558. The fourth-order valence-electron chi connectivity index (χ4n) is 1.94. The van der Waals surface area contributed by atoms with Gasteiger partial charge in [0.05, 0.1) is 5.69 Å². The molecule has 1 heterocycles. The molecule has 0 aliphatic heterocycles. The smallest absolute Gasteiger partial charge is 0.269 e. The van der Waals surface area contributed by atoms with Gasteiger partial charge in [0.2, 0.25) is 0 Å². The zero-order valence-electron chi connectivity index (χ0n) is 11.2. The summed E-state index contributed by atoms with van der Waals surface area (Å²) in [6.45, 7) is 2.04. The van der Waals surface area contributed by atoms with Gasteiger partial charge in [-0.25, -0.2) is 4.68 Å². The van der Waals surface area contributed by atoms with Crippen LogP contribution < -0.4 is 11.5 Å². The van der Waals surface area contributed by atoms with Gasteiger partial charge in [0.25, 0.3) is 5.91 Å². The number of hydrogen-bond donors (Lipinski definition) is 2. The van der Waals surface area contributed by atoms with Crippen molar-refractivity contribution in [2.75, 3.05) is 0 Å².